The molecule has 0 unspecified atom stereocenters. The number of fused-ring (bicyclic) bond motifs is 1. The van der Waals surface area contributed by atoms with Crippen LogP contribution < -0.4 is 5.32 Å². The number of nitrogens with zero attached hydrogens (tertiary/aromatic N) is 4. The van der Waals surface area contributed by atoms with Gasteiger partial charge in [0.05, 0.1) is 24.5 Å². The number of rotatable bonds is 2. The minimum atomic E-state index is -0.161. The zero-order chi connectivity index (χ0) is 16.6. The fourth-order valence-corrected chi connectivity index (χ4v) is 2.53. The third-order valence-electron chi connectivity index (χ3n) is 4.00. The van der Waals surface area contributed by atoms with Crippen molar-refractivity contribution in [1.82, 2.24) is 19.8 Å². The first kappa shape index (κ1) is 15.6. The van der Waals surface area contributed by atoms with Crippen LogP contribution in [0.15, 0.2) is 16.7 Å². The molecule has 1 aliphatic heterocycles. The SMILES string of the molecule is CCc1cc(NC(=O)N2CCn3nc(C(C)(C)C)cc3C2)no1. The summed E-state index contributed by atoms with van der Waals surface area (Å²) in [4.78, 5) is 14.1. The Kier molecular flexibility index (Phi) is 3.87. The summed E-state index contributed by atoms with van der Waals surface area (Å²) in [5.74, 6) is 1.22. The van der Waals surface area contributed by atoms with E-state index in [1.165, 1.54) is 0 Å². The second-order valence-corrected chi connectivity index (χ2v) is 6.88. The minimum Gasteiger partial charge on any atom is -0.359 e. The van der Waals surface area contributed by atoms with Crippen molar-refractivity contribution in [3.05, 3.63) is 29.3 Å². The first-order valence-corrected chi connectivity index (χ1v) is 7.95. The van der Waals surface area contributed by atoms with Crippen LogP contribution in [0.1, 0.15) is 44.8 Å². The molecule has 0 saturated carbocycles. The van der Waals surface area contributed by atoms with Crippen molar-refractivity contribution in [3.8, 4) is 0 Å². The van der Waals surface area contributed by atoms with E-state index in [9.17, 15) is 4.79 Å². The summed E-state index contributed by atoms with van der Waals surface area (Å²) in [6.07, 6.45) is 0.751. The number of hydrogen-bond donors (Lipinski definition) is 1. The molecule has 2 aromatic heterocycles. The molecule has 2 amide bonds. The molecule has 2 aromatic rings. The number of carbonyl (C=O) groups excluding carboxylic acids is 1. The Balaban J connectivity index is 1.68. The first-order chi connectivity index (χ1) is 10.9. The topological polar surface area (TPSA) is 76.2 Å². The summed E-state index contributed by atoms with van der Waals surface area (Å²) in [5, 5.41) is 11.3. The lowest BCUT2D eigenvalue weighted by Crippen LogP contribution is -2.40. The standard InChI is InChI=1S/C16H23N5O2/c1-5-12-9-14(19-23-12)17-15(22)20-6-7-21-11(10-20)8-13(18-21)16(2,3)4/h8-9H,5-7,10H2,1-4H3,(H,17,19,22). The molecule has 0 radical (unpaired) electrons. The van der Waals surface area contributed by atoms with Crippen LogP contribution >= 0.6 is 0 Å². The van der Waals surface area contributed by atoms with Gasteiger partial charge in [-0.05, 0) is 6.07 Å². The summed E-state index contributed by atoms with van der Waals surface area (Å²) >= 11 is 0. The van der Waals surface area contributed by atoms with E-state index in [-0.39, 0.29) is 11.4 Å². The number of aryl methyl sites for hydroxylation is 1. The van der Waals surface area contributed by atoms with Crippen molar-refractivity contribution < 1.29 is 9.32 Å². The van der Waals surface area contributed by atoms with Gasteiger partial charge in [-0.1, -0.05) is 32.9 Å². The van der Waals surface area contributed by atoms with Gasteiger partial charge in [0.15, 0.2) is 5.82 Å². The van der Waals surface area contributed by atoms with Crippen molar-refractivity contribution in [3.63, 3.8) is 0 Å². The molecule has 0 saturated heterocycles. The molecular formula is C16H23N5O2. The van der Waals surface area contributed by atoms with Crippen molar-refractivity contribution in [2.24, 2.45) is 0 Å². The Morgan fingerprint density at radius 3 is 2.78 bits per heavy atom. The van der Waals surface area contributed by atoms with Crippen LogP contribution in [-0.2, 0) is 24.9 Å². The molecule has 1 aliphatic rings. The maximum absolute atomic E-state index is 12.4. The predicted octanol–water partition coefficient (Wildman–Crippen LogP) is 2.78. The van der Waals surface area contributed by atoms with E-state index in [2.05, 4.69) is 42.4 Å². The summed E-state index contributed by atoms with van der Waals surface area (Å²) < 4.78 is 7.10. The van der Waals surface area contributed by atoms with Gasteiger partial charge in [-0.3, -0.25) is 10.00 Å². The molecular weight excluding hydrogens is 294 g/mol. The average molecular weight is 317 g/mol. The van der Waals surface area contributed by atoms with Crippen LogP contribution in [0.25, 0.3) is 0 Å². The largest absolute Gasteiger partial charge is 0.359 e. The van der Waals surface area contributed by atoms with Gasteiger partial charge >= 0.3 is 6.03 Å². The second-order valence-electron chi connectivity index (χ2n) is 6.88. The quantitative estimate of drug-likeness (QED) is 0.924. The first-order valence-electron chi connectivity index (χ1n) is 7.95. The van der Waals surface area contributed by atoms with Gasteiger partial charge in [0.2, 0.25) is 0 Å². The molecule has 3 rings (SSSR count). The highest BCUT2D eigenvalue weighted by Gasteiger charge is 2.26. The maximum atomic E-state index is 12.4. The molecule has 0 atom stereocenters. The zero-order valence-corrected chi connectivity index (χ0v) is 14.1. The molecule has 0 spiro atoms. The van der Waals surface area contributed by atoms with Crippen LogP contribution in [0.4, 0.5) is 10.6 Å². The number of amides is 2. The molecule has 7 heteroatoms. The number of aromatic nitrogens is 3. The highest BCUT2D eigenvalue weighted by molar-refractivity contribution is 5.88. The number of anilines is 1. The van der Waals surface area contributed by atoms with Crippen molar-refractivity contribution in [2.75, 3.05) is 11.9 Å². The Morgan fingerprint density at radius 2 is 2.13 bits per heavy atom. The van der Waals surface area contributed by atoms with E-state index in [0.29, 0.717) is 25.5 Å². The lowest BCUT2D eigenvalue weighted by Gasteiger charge is -2.27. The number of hydrogen-bond acceptors (Lipinski definition) is 4. The molecule has 0 aliphatic carbocycles. The second kappa shape index (κ2) is 5.72. The monoisotopic (exact) mass is 317 g/mol. The van der Waals surface area contributed by atoms with Crippen LogP contribution in [-0.4, -0.2) is 32.4 Å². The van der Waals surface area contributed by atoms with Gasteiger partial charge in [-0.2, -0.15) is 5.10 Å². The average Bonchev–Trinajstić information content (AvgIpc) is 3.11. The Labute approximate surface area is 135 Å². The highest BCUT2D eigenvalue weighted by Crippen LogP contribution is 2.24. The fourth-order valence-electron chi connectivity index (χ4n) is 2.53. The van der Waals surface area contributed by atoms with Crippen molar-refractivity contribution >= 4 is 11.8 Å². The molecule has 23 heavy (non-hydrogen) atoms. The smallest absolute Gasteiger partial charge is 0.323 e. The Morgan fingerprint density at radius 1 is 1.35 bits per heavy atom. The maximum Gasteiger partial charge on any atom is 0.323 e. The molecule has 124 valence electrons. The van der Waals surface area contributed by atoms with Gasteiger partial charge in [0.1, 0.15) is 5.76 Å². The van der Waals surface area contributed by atoms with E-state index in [1.54, 1.807) is 11.0 Å². The van der Waals surface area contributed by atoms with Crippen LogP contribution in [0, 0.1) is 0 Å². The van der Waals surface area contributed by atoms with Gasteiger partial charge in [-0.25, -0.2) is 4.79 Å². The van der Waals surface area contributed by atoms with E-state index in [4.69, 9.17) is 4.52 Å². The normalized spacial score (nSPS) is 14.7. The van der Waals surface area contributed by atoms with Crippen LogP contribution in [0.5, 0.6) is 0 Å². The highest BCUT2D eigenvalue weighted by atomic mass is 16.5. The van der Waals surface area contributed by atoms with Crippen molar-refractivity contribution in [1.29, 1.82) is 0 Å². The van der Waals surface area contributed by atoms with Crippen molar-refractivity contribution in [2.45, 2.75) is 52.6 Å². The Bertz CT molecular complexity index is 710. The summed E-state index contributed by atoms with van der Waals surface area (Å²) in [7, 11) is 0. The van der Waals surface area contributed by atoms with E-state index < -0.39 is 0 Å². The third-order valence-corrected chi connectivity index (χ3v) is 4.00. The molecule has 0 fully saturated rings. The lowest BCUT2D eigenvalue weighted by atomic mass is 9.92. The molecule has 3 heterocycles. The molecule has 0 aromatic carbocycles. The summed E-state index contributed by atoms with van der Waals surface area (Å²) in [6, 6.07) is 3.68. The van der Waals surface area contributed by atoms with Crippen LogP contribution in [0.3, 0.4) is 0 Å². The number of carbonyl (C=O) groups is 1. The lowest BCUT2D eigenvalue weighted by molar-refractivity contribution is 0.194. The molecule has 7 nitrogen and oxygen atoms in total. The van der Waals surface area contributed by atoms with Crippen LogP contribution in [0.2, 0.25) is 0 Å². The zero-order valence-electron chi connectivity index (χ0n) is 14.1. The molecule has 1 N–H and O–H groups in total. The van der Waals surface area contributed by atoms with Gasteiger partial charge in [0.25, 0.3) is 0 Å². The minimum absolute atomic E-state index is 0.00863. The fraction of sp³-hybridized carbons (Fsp3) is 0.562. The summed E-state index contributed by atoms with van der Waals surface area (Å²) in [5.41, 5.74) is 2.12. The van der Waals surface area contributed by atoms with Gasteiger partial charge < -0.3 is 9.42 Å². The van der Waals surface area contributed by atoms with Gasteiger partial charge in [-0.15, -0.1) is 0 Å². The number of urea groups is 1. The molecule has 0 bridgehead atoms. The summed E-state index contributed by atoms with van der Waals surface area (Å²) in [6.45, 7) is 10.3. The van der Waals surface area contributed by atoms with E-state index in [0.717, 1.165) is 23.6 Å². The predicted molar refractivity (Wildman–Crippen MR) is 86.2 cm³/mol. The van der Waals surface area contributed by atoms with E-state index >= 15 is 0 Å². The third kappa shape index (κ3) is 3.23. The van der Waals surface area contributed by atoms with Gasteiger partial charge in [0, 0.05) is 24.4 Å². The Hall–Kier alpha value is -2.31. The number of nitrogens with one attached hydrogen (secondary N) is 1. The van der Waals surface area contributed by atoms with E-state index in [1.807, 2.05) is 11.6 Å².